The van der Waals surface area contributed by atoms with E-state index in [0.717, 1.165) is 9.13 Å². The molecule has 4 heteroatoms. The first-order valence-electron chi connectivity index (χ1n) is 5.19. The normalized spacial score (nSPS) is 10.2. The van der Waals surface area contributed by atoms with Crippen molar-refractivity contribution in [3.8, 4) is 0 Å². The van der Waals surface area contributed by atoms with Crippen molar-refractivity contribution < 1.29 is 9.21 Å². The molecule has 88 valence electrons. The van der Waals surface area contributed by atoms with Crippen LogP contribution in [0.15, 0.2) is 47.3 Å². The Hall–Kier alpha value is -1.30. The molecule has 0 aliphatic heterocycles. The zero-order valence-electron chi connectivity index (χ0n) is 9.39. The van der Waals surface area contributed by atoms with Crippen LogP contribution in [-0.4, -0.2) is 17.9 Å². The number of nitrogens with zero attached hydrogens (tertiary/aromatic N) is 1. The summed E-state index contributed by atoms with van der Waals surface area (Å²) in [4.78, 5) is 13.7. The van der Waals surface area contributed by atoms with Crippen LogP contribution < -0.4 is 0 Å². The minimum Gasteiger partial charge on any atom is -0.472 e. The number of hydrogen-bond donors (Lipinski definition) is 0. The Morgan fingerprint density at radius 3 is 2.59 bits per heavy atom. The molecule has 0 unspecified atom stereocenters. The molecule has 0 N–H and O–H groups in total. The van der Waals surface area contributed by atoms with Crippen molar-refractivity contribution in [1.29, 1.82) is 0 Å². The van der Waals surface area contributed by atoms with Crippen molar-refractivity contribution in [1.82, 2.24) is 4.90 Å². The van der Waals surface area contributed by atoms with E-state index < -0.39 is 0 Å². The maximum Gasteiger partial charge on any atom is 0.253 e. The van der Waals surface area contributed by atoms with E-state index >= 15 is 0 Å². The van der Waals surface area contributed by atoms with E-state index in [2.05, 4.69) is 22.6 Å². The predicted octanol–water partition coefficient (Wildman–Crippen LogP) is 3.16. The van der Waals surface area contributed by atoms with E-state index in [1.165, 1.54) is 0 Å². The van der Waals surface area contributed by atoms with Gasteiger partial charge in [-0.05, 0) is 52.9 Å². The zero-order chi connectivity index (χ0) is 12.3. The van der Waals surface area contributed by atoms with Crippen LogP contribution in [0.4, 0.5) is 0 Å². The van der Waals surface area contributed by atoms with Crippen LogP contribution in [0.2, 0.25) is 0 Å². The highest BCUT2D eigenvalue weighted by atomic mass is 127. The molecule has 0 spiro atoms. The van der Waals surface area contributed by atoms with Crippen LogP contribution in [0.1, 0.15) is 15.9 Å². The standard InChI is InChI=1S/C13H12INO2/c1-15(8-10-6-7-17-9-10)13(16)11-2-4-12(14)5-3-11/h2-7,9H,8H2,1H3. The van der Waals surface area contributed by atoms with Gasteiger partial charge in [-0.3, -0.25) is 4.79 Å². The summed E-state index contributed by atoms with van der Waals surface area (Å²) < 4.78 is 6.10. The smallest absolute Gasteiger partial charge is 0.253 e. The van der Waals surface area contributed by atoms with Crippen molar-refractivity contribution in [3.63, 3.8) is 0 Å². The molecule has 17 heavy (non-hydrogen) atoms. The molecule has 0 saturated heterocycles. The second-order valence-corrected chi connectivity index (χ2v) is 5.05. The van der Waals surface area contributed by atoms with Crippen LogP contribution in [0.25, 0.3) is 0 Å². The molecular formula is C13H12INO2. The number of rotatable bonds is 3. The van der Waals surface area contributed by atoms with Gasteiger partial charge >= 0.3 is 0 Å². The fourth-order valence-electron chi connectivity index (χ4n) is 1.54. The number of benzene rings is 1. The molecule has 0 fully saturated rings. The minimum absolute atomic E-state index is 0.0163. The molecule has 2 rings (SSSR count). The monoisotopic (exact) mass is 341 g/mol. The fourth-order valence-corrected chi connectivity index (χ4v) is 1.90. The molecule has 2 aromatic rings. The van der Waals surface area contributed by atoms with Crippen LogP contribution in [0.3, 0.4) is 0 Å². The van der Waals surface area contributed by atoms with Gasteiger partial charge in [0, 0.05) is 28.3 Å². The summed E-state index contributed by atoms with van der Waals surface area (Å²) in [6.45, 7) is 0.557. The average molecular weight is 341 g/mol. The van der Waals surface area contributed by atoms with Gasteiger partial charge in [-0.1, -0.05) is 0 Å². The molecule has 0 saturated carbocycles. The van der Waals surface area contributed by atoms with Gasteiger partial charge in [-0.2, -0.15) is 0 Å². The van der Waals surface area contributed by atoms with E-state index in [1.807, 2.05) is 30.3 Å². The maximum atomic E-state index is 12.1. The van der Waals surface area contributed by atoms with Gasteiger partial charge < -0.3 is 9.32 Å². The van der Waals surface area contributed by atoms with E-state index in [0.29, 0.717) is 12.1 Å². The number of furan rings is 1. The molecule has 0 bridgehead atoms. The lowest BCUT2D eigenvalue weighted by atomic mass is 10.2. The summed E-state index contributed by atoms with van der Waals surface area (Å²) in [6.07, 6.45) is 3.26. The van der Waals surface area contributed by atoms with Gasteiger partial charge in [0.1, 0.15) is 0 Å². The quantitative estimate of drug-likeness (QED) is 0.804. The summed E-state index contributed by atoms with van der Waals surface area (Å²) >= 11 is 2.22. The van der Waals surface area contributed by atoms with Crippen molar-refractivity contribution in [2.24, 2.45) is 0 Å². The van der Waals surface area contributed by atoms with Gasteiger partial charge in [0.2, 0.25) is 0 Å². The highest BCUT2D eigenvalue weighted by molar-refractivity contribution is 14.1. The molecule has 3 nitrogen and oxygen atoms in total. The van der Waals surface area contributed by atoms with E-state index in [-0.39, 0.29) is 5.91 Å². The van der Waals surface area contributed by atoms with Crippen molar-refractivity contribution in [3.05, 3.63) is 57.6 Å². The Morgan fingerprint density at radius 1 is 1.29 bits per heavy atom. The summed E-state index contributed by atoms with van der Waals surface area (Å²) in [6, 6.07) is 9.41. The Balaban J connectivity index is 2.07. The van der Waals surface area contributed by atoms with Gasteiger partial charge in [-0.15, -0.1) is 0 Å². The Bertz CT molecular complexity index is 491. The third-order valence-corrected chi connectivity index (χ3v) is 3.16. The summed E-state index contributed by atoms with van der Waals surface area (Å²) in [7, 11) is 1.79. The first-order chi connectivity index (χ1) is 8.16. The molecule has 1 aromatic heterocycles. The van der Waals surface area contributed by atoms with Crippen LogP contribution in [0, 0.1) is 3.57 Å². The van der Waals surface area contributed by atoms with Gasteiger partial charge in [0.15, 0.2) is 0 Å². The largest absolute Gasteiger partial charge is 0.472 e. The average Bonchev–Trinajstić information content (AvgIpc) is 2.82. The number of amides is 1. The van der Waals surface area contributed by atoms with Gasteiger partial charge in [-0.25, -0.2) is 0 Å². The SMILES string of the molecule is CN(Cc1ccoc1)C(=O)c1ccc(I)cc1. The third kappa shape index (κ3) is 3.09. The third-order valence-electron chi connectivity index (χ3n) is 2.44. The molecule has 0 aliphatic carbocycles. The number of carbonyl (C=O) groups is 1. The topological polar surface area (TPSA) is 33.5 Å². The summed E-state index contributed by atoms with van der Waals surface area (Å²) in [5, 5.41) is 0. The number of hydrogen-bond acceptors (Lipinski definition) is 2. The lowest BCUT2D eigenvalue weighted by Crippen LogP contribution is -2.25. The highest BCUT2D eigenvalue weighted by Crippen LogP contribution is 2.11. The lowest BCUT2D eigenvalue weighted by molar-refractivity contribution is 0.0785. The molecule has 0 radical (unpaired) electrons. The van der Waals surface area contributed by atoms with Gasteiger partial charge in [0.05, 0.1) is 12.5 Å². The highest BCUT2D eigenvalue weighted by Gasteiger charge is 2.12. The van der Waals surface area contributed by atoms with E-state index in [1.54, 1.807) is 24.5 Å². The fraction of sp³-hybridized carbons (Fsp3) is 0.154. The van der Waals surface area contributed by atoms with E-state index in [9.17, 15) is 4.79 Å². The van der Waals surface area contributed by atoms with Crippen LogP contribution in [-0.2, 0) is 6.54 Å². The van der Waals surface area contributed by atoms with E-state index in [4.69, 9.17) is 4.42 Å². The molecule has 1 heterocycles. The summed E-state index contributed by atoms with van der Waals surface area (Å²) in [5.74, 6) is 0.0163. The Kier molecular flexibility index (Phi) is 3.83. The molecule has 1 amide bonds. The molecule has 0 atom stereocenters. The predicted molar refractivity (Wildman–Crippen MR) is 73.7 cm³/mol. The van der Waals surface area contributed by atoms with Crippen molar-refractivity contribution >= 4 is 28.5 Å². The van der Waals surface area contributed by atoms with Crippen LogP contribution in [0.5, 0.6) is 0 Å². The first-order valence-corrected chi connectivity index (χ1v) is 6.27. The molecule has 1 aromatic carbocycles. The molecule has 0 aliphatic rings. The summed E-state index contributed by atoms with van der Waals surface area (Å²) in [5.41, 5.74) is 1.70. The second kappa shape index (κ2) is 5.35. The van der Waals surface area contributed by atoms with Gasteiger partial charge in [0.25, 0.3) is 5.91 Å². The Morgan fingerprint density at radius 2 is 2.00 bits per heavy atom. The lowest BCUT2D eigenvalue weighted by Gasteiger charge is -2.16. The van der Waals surface area contributed by atoms with Crippen molar-refractivity contribution in [2.45, 2.75) is 6.54 Å². The Labute approximate surface area is 114 Å². The second-order valence-electron chi connectivity index (χ2n) is 3.80. The van der Waals surface area contributed by atoms with Crippen molar-refractivity contribution in [2.75, 3.05) is 7.05 Å². The number of halogens is 1. The first kappa shape index (κ1) is 12.2. The minimum atomic E-state index is 0.0163. The van der Waals surface area contributed by atoms with Crippen LogP contribution >= 0.6 is 22.6 Å². The zero-order valence-corrected chi connectivity index (χ0v) is 11.5. The maximum absolute atomic E-state index is 12.1. The number of carbonyl (C=O) groups excluding carboxylic acids is 1. The molecular weight excluding hydrogens is 329 g/mol.